The van der Waals surface area contributed by atoms with Crippen molar-refractivity contribution in [1.82, 2.24) is 15.5 Å². The summed E-state index contributed by atoms with van der Waals surface area (Å²) in [4.78, 5) is 0. The van der Waals surface area contributed by atoms with Gasteiger partial charge in [0.25, 0.3) is 0 Å². The van der Waals surface area contributed by atoms with E-state index in [0.29, 0.717) is 36.7 Å². The number of nitrogens with zero attached hydrogens (tertiary/aromatic N) is 2. The molecule has 0 aromatic carbocycles. The third-order valence-corrected chi connectivity index (χ3v) is 2.74. The maximum Gasteiger partial charge on any atom is 0.315 e. The van der Waals surface area contributed by atoms with Crippen molar-refractivity contribution in [3.8, 4) is 0 Å². The first-order valence-corrected chi connectivity index (χ1v) is 7.37. The first-order chi connectivity index (χ1) is 8.08. The summed E-state index contributed by atoms with van der Waals surface area (Å²) in [6, 6.07) is 0.386. The Morgan fingerprint density at radius 1 is 1.41 bits per heavy atom. The molecule has 0 radical (unpaired) electrons. The van der Waals surface area contributed by atoms with E-state index in [9.17, 15) is 4.21 Å². The van der Waals surface area contributed by atoms with Crippen LogP contribution in [0.4, 0.5) is 6.01 Å². The first-order valence-electron chi connectivity index (χ1n) is 5.65. The fourth-order valence-corrected chi connectivity index (χ4v) is 1.56. The summed E-state index contributed by atoms with van der Waals surface area (Å²) in [7, 11) is -0.807. The number of hydrogen-bond donors (Lipinski definition) is 2. The average Bonchev–Trinajstić information content (AvgIpc) is 2.65. The molecule has 17 heavy (non-hydrogen) atoms. The maximum absolute atomic E-state index is 10.8. The maximum atomic E-state index is 10.8. The molecular weight excluding hydrogens is 240 g/mol. The topological polar surface area (TPSA) is 80.0 Å². The summed E-state index contributed by atoms with van der Waals surface area (Å²) in [5.41, 5.74) is 0. The molecule has 0 aliphatic heterocycles. The molecular formula is C10H20N4O2S. The Labute approximate surface area is 104 Å². The molecule has 0 amide bonds. The van der Waals surface area contributed by atoms with Gasteiger partial charge < -0.3 is 15.1 Å². The molecule has 0 saturated carbocycles. The summed E-state index contributed by atoms with van der Waals surface area (Å²) in [6.07, 6.45) is 1.66. The molecule has 1 atom stereocenters. The molecule has 6 nitrogen and oxygen atoms in total. The Balaban J connectivity index is 2.25. The second-order valence-corrected chi connectivity index (χ2v) is 5.78. The van der Waals surface area contributed by atoms with Crippen molar-refractivity contribution >= 4 is 16.8 Å². The van der Waals surface area contributed by atoms with Crippen LogP contribution in [0.25, 0.3) is 0 Å². The Kier molecular flexibility index (Phi) is 6.13. The fourth-order valence-electron chi connectivity index (χ4n) is 1.17. The molecule has 98 valence electrons. The quantitative estimate of drug-likeness (QED) is 0.712. The van der Waals surface area contributed by atoms with Gasteiger partial charge in [0.15, 0.2) is 0 Å². The number of anilines is 1. The molecule has 1 aromatic rings. The van der Waals surface area contributed by atoms with Gasteiger partial charge in [0.2, 0.25) is 5.89 Å². The normalized spacial score (nSPS) is 12.9. The predicted molar refractivity (Wildman–Crippen MR) is 68.3 cm³/mol. The number of aromatic nitrogens is 2. The number of rotatable bonds is 8. The SMILES string of the molecule is CC(C)CNCc1nnc(NCCS(C)=O)o1. The molecule has 1 aromatic heterocycles. The fraction of sp³-hybridized carbons (Fsp3) is 0.800. The molecule has 1 rings (SSSR count). The zero-order valence-electron chi connectivity index (χ0n) is 10.5. The molecule has 0 aliphatic carbocycles. The molecule has 7 heteroatoms. The van der Waals surface area contributed by atoms with Gasteiger partial charge in [-0.1, -0.05) is 18.9 Å². The van der Waals surface area contributed by atoms with Gasteiger partial charge in [-0.2, -0.15) is 0 Å². The van der Waals surface area contributed by atoms with E-state index >= 15 is 0 Å². The van der Waals surface area contributed by atoms with E-state index in [-0.39, 0.29) is 0 Å². The van der Waals surface area contributed by atoms with E-state index in [4.69, 9.17) is 4.42 Å². The standard InChI is InChI=1S/C10H20N4O2S/c1-8(2)6-11-7-9-13-14-10(16-9)12-4-5-17(3)15/h8,11H,4-7H2,1-3H3,(H,12,14). The highest BCUT2D eigenvalue weighted by molar-refractivity contribution is 7.84. The van der Waals surface area contributed by atoms with Crippen molar-refractivity contribution in [2.45, 2.75) is 20.4 Å². The minimum atomic E-state index is -0.807. The molecule has 1 unspecified atom stereocenters. The van der Waals surface area contributed by atoms with Crippen LogP contribution in [0.2, 0.25) is 0 Å². The summed E-state index contributed by atoms with van der Waals surface area (Å²) in [5, 5.41) is 13.9. The second-order valence-electron chi connectivity index (χ2n) is 4.23. The lowest BCUT2D eigenvalue weighted by molar-refractivity contribution is 0.459. The van der Waals surface area contributed by atoms with Crippen LogP contribution in [-0.4, -0.2) is 39.5 Å². The highest BCUT2D eigenvalue weighted by atomic mass is 32.2. The lowest BCUT2D eigenvalue weighted by Crippen LogP contribution is -2.19. The van der Waals surface area contributed by atoms with Gasteiger partial charge in [0.05, 0.1) is 6.54 Å². The van der Waals surface area contributed by atoms with Gasteiger partial charge in [0, 0.05) is 29.4 Å². The minimum Gasteiger partial charge on any atom is -0.407 e. The summed E-state index contributed by atoms with van der Waals surface area (Å²) in [6.45, 7) is 6.34. The van der Waals surface area contributed by atoms with Crippen LogP contribution in [0.3, 0.4) is 0 Å². The largest absolute Gasteiger partial charge is 0.407 e. The van der Waals surface area contributed by atoms with Crippen LogP contribution in [-0.2, 0) is 17.3 Å². The van der Waals surface area contributed by atoms with Gasteiger partial charge >= 0.3 is 6.01 Å². The molecule has 0 aliphatic rings. The highest BCUT2D eigenvalue weighted by Gasteiger charge is 2.05. The van der Waals surface area contributed by atoms with Crippen molar-refractivity contribution in [1.29, 1.82) is 0 Å². The van der Waals surface area contributed by atoms with Crippen molar-refractivity contribution in [3.05, 3.63) is 5.89 Å². The molecule has 0 fully saturated rings. The monoisotopic (exact) mass is 260 g/mol. The third-order valence-electron chi connectivity index (χ3n) is 1.96. The van der Waals surface area contributed by atoms with E-state index in [1.165, 1.54) is 0 Å². The Morgan fingerprint density at radius 2 is 2.18 bits per heavy atom. The molecule has 0 saturated heterocycles. The lowest BCUT2D eigenvalue weighted by atomic mass is 10.2. The Bertz CT molecular complexity index is 354. The van der Waals surface area contributed by atoms with Crippen LogP contribution in [0.1, 0.15) is 19.7 Å². The highest BCUT2D eigenvalue weighted by Crippen LogP contribution is 2.04. The number of hydrogen-bond acceptors (Lipinski definition) is 6. The van der Waals surface area contributed by atoms with E-state index in [2.05, 4.69) is 34.7 Å². The summed E-state index contributed by atoms with van der Waals surface area (Å²) >= 11 is 0. The first kappa shape index (κ1) is 14.1. The van der Waals surface area contributed by atoms with Crippen molar-refractivity contribution in [2.24, 2.45) is 5.92 Å². The summed E-state index contributed by atoms with van der Waals surface area (Å²) < 4.78 is 16.2. The van der Waals surface area contributed by atoms with Gasteiger partial charge in [-0.05, 0) is 12.5 Å². The van der Waals surface area contributed by atoms with E-state index in [1.807, 2.05) is 0 Å². The van der Waals surface area contributed by atoms with Gasteiger partial charge in [-0.15, -0.1) is 5.10 Å². The molecule has 2 N–H and O–H groups in total. The number of nitrogens with one attached hydrogen (secondary N) is 2. The third kappa shape index (κ3) is 6.38. The molecule has 0 bridgehead atoms. The van der Waals surface area contributed by atoms with Gasteiger partial charge in [-0.25, -0.2) is 0 Å². The average molecular weight is 260 g/mol. The van der Waals surface area contributed by atoms with Gasteiger partial charge in [-0.3, -0.25) is 4.21 Å². The Hall–Kier alpha value is -0.950. The van der Waals surface area contributed by atoms with E-state index in [0.717, 1.165) is 6.54 Å². The lowest BCUT2D eigenvalue weighted by Gasteiger charge is -2.03. The van der Waals surface area contributed by atoms with E-state index in [1.54, 1.807) is 6.26 Å². The van der Waals surface area contributed by atoms with Crippen molar-refractivity contribution in [3.63, 3.8) is 0 Å². The Morgan fingerprint density at radius 3 is 2.82 bits per heavy atom. The van der Waals surface area contributed by atoms with Crippen LogP contribution in [0.15, 0.2) is 4.42 Å². The van der Waals surface area contributed by atoms with Gasteiger partial charge in [0.1, 0.15) is 0 Å². The van der Waals surface area contributed by atoms with Crippen molar-refractivity contribution in [2.75, 3.05) is 30.4 Å². The summed E-state index contributed by atoms with van der Waals surface area (Å²) in [5.74, 6) is 1.73. The van der Waals surface area contributed by atoms with Crippen LogP contribution in [0.5, 0.6) is 0 Å². The predicted octanol–water partition coefficient (Wildman–Crippen LogP) is 0.606. The van der Waals surface area contributed by atoms with Crippen LogP contribution >= 0.6 is 0 Å². The van der Waals surface area contributed by atoms with E-state index < -0.39 is 10.8 Å². The van der Waals surface area contributed by atoms with Crippen LogP contribution in [0, 0.1) is 5.92 Å². The molecule has 0 spiro atoms. The van der Waals surface area contributed by atoms with Crippen LogP contribution < -0.4 is 10.6 Å². The zero-order chi connectivity index (χ0) is 12.7. The smallest absolute Gasteiger partial charge is 0.315 e. The molecule has 1 heterocycles. The van der Waals surface area contributed by atoms with Crippen molar-refractivity contribution < 1.29 is 8.63 Å². The second kappa shape index (κ2) is 7.39. The zero-order valence-corrected chi connectivity index (χ0v) is 11.3. The minimum absolute atomic E-state index is 0.386.